The quantitative estimate of drug-likeness (QED) is 0.897. The first kappa shape index (κ1) is 14.7. The van der Waals surface area contributed by atoms with E-state index in [0.717, 1.165) is 29.9 Å². The lowest BCUT2D eigenvalue weighted by Crippen LogP contribution is -2.43. The Morgan fingerprint density at radius 1 is 1.04 bits per heavy atom. The van der Waals surface area contributed by atoms with Gasteiger partial charge in [0.05, 0.1) is 6.04 Å². The highest BCUT2D eigenvalue weighted by Gasteiger charge is 2.34. The van der Waals surface area contributed by atoms with E-state index in [1.807, 2.05) is 18.2 Å². The highest BCUT2D eigenvalue weighted by molar-refractivity contribution is 5.75. The smallest absolute Gasteiger partial charge is 0.315 e. The van der Waals surface area contributed by atoms with E-state index in [-0.39, 0.29) is 12.1 Å². The molecular formula is C18H24N2O3. The van der Waals surface area contributed by atoms with Crippen molar-refractivity contribution in [2.75, 3.05) is 13.2 Å². The van der Waals surface area contributed by atoms with Gasteiger partial charge in [0.25, 0.3) is 0 Å². The number of rotatable bonds is 4. The molecule has 0 unspecified atom stereocenters. The van der Waals surface area contributed by atoms with Crippen LogP contribution in [0.15, 0.2) is 18.2 Å². The van der Waals surface area contributed by atoms with Gasteiger partial charge in [0, 0.05) is 6.04 Å². The summed E-state index contributed by atoms with van der Waals surface area (Å²) >= 11 is 0. The van der Waals surface area contributed by atoms with Crippen molar-refractivity contribution in [2.24, 2.45) is 5.92 Å². The predicted octanol–water partition coefficient (Wildman–Crippen LogP) is 3.15. The average Bonchev–Trinajstić information content (AvgIpc) is 3.29. The molecule has 2 fully saturated rings. The van der Waals surface area contributed by atoms with Gasteiger partial charge < -0.3 is 20.1 Å². The molecule has 3 aliphatic rings. The SMILES string of the molecule is O=C(NC1CCCC1)N[C@@H](c1ccc2c(c1)OCCO2)C1CC1. The third-order valence-electron chi connectivity index (χ3n) is 5.00. The second-order valence-corrected chi connectivity index (χ2v) is 6.82. The summed E-state index contributed by atoms with van der Waals surface area (Å²) in [4.78, 5) is 12.3. The standard InChI is InChI=1S/C18H24N2O3/c21-18(19-14-3-1-2-4-14)20-17(12-5-6-12)13-7-8-15-16(11-13)23-10-9-22-15/h7-8,11-12,14,17H,1-6,9-10H2,(H2,19,20,21)/t17-/m1/s1. The highest BCUT2D eigenvalue weighted by Crippen LogP contribution is 2.43. The third kappa shape index (κ3) is 3.38. The van der Waals surface area contributed by atoms with E-state index >= 15 is 0 Å². The number of fused-ring (bicyclic) bond motifs is 1. The molecule has 2 amide bonds. The van der Waals surface area contributed by atoms with Crippen LogP contribution in [0.5, 0.6) is 11.5 Å². The van der Waals surface area contributed by atoms with Crippen LogP contribution in [0, 0.1) is 5.92 Å². The lowest BCUT2D eigenvalue weighted by molar-refractivity contribution is 0.171. The minimum absolute atomic E-state index is 0.0383. The zero-order chi connectivity index (χ0) is 15.6. The molecule has 5 nitrogen and oxygen atoms in total. The zero-order valence-electron chi connectivity index (χ0n) is 13.3. The minimum Gasteiger partial charge on any atom is -0.486 e. The van der Waals surface area contributed by atoms with Crippen molar-refractivity contribution < 1.29 is 14.3 Å². The molecule has 0 aromatic heterocycles. The molecule has 2 N–H and O–H groups in total. The number of hydrogen-bond donors (Lipinski definition) is 2. The molecule has 2 aliphatic carbocycles. The average molecular weight is 316 g/mol. The second-order valence-electron chi connectivity index (χ2n) is 6.82. The van der Waals surface area contributed by atoms with Gasteiger partial charge >= 0.3 is 6.03 Å². The third-order valence-corrected chi connectivity index (χ3v) is 5.00. The maximum Gasteiger partial charge on any atom is 0.315 e. The number of nitrogens with one attached hydrogen (secondary N) is 2. The number of carbonyl (C=O) groups excluding carboxylic acids is 1. The summed E-state index contributed by atoms with van der Waals surface area (Å²) in [5.41, 5.74) is 1.11. The van der Waals surface area contributed by atoms with Crippen LogP contribution in [-0.2, 0) is 0 Å². The van der Waals surface area contributed by atoms with E-state index < -0.39 is 0 Å². The zero-order valence-corrected chi connectivity index (χ0v) is 13.3. The Hall–Kier alpha value is -1.91. The Bertz CT molecular complexity index is 580. The van der Waals surface area contributed by atoms with E-state index in [1.54, 1.807) is 0 Å². The molecule has 23 heavy (non-hydrogen) atoms. The lowest BCUT2D eigenvalue weighted by Gasteiger charge is -2.24. The van der Waals surface area contributed by atoms with Crippen molar-refractivity contribution >= 4 is 6.03 Å². The van der Waals surface area contributed by atoms with Crippen molar-refractivity contribution in [3.05, 3.63) is 23.8 Å². The molecule has 0 bridgehead atoms. The maximum absolute atomic E-state index is 12.3. The molecular weight excluding hydrogens is 292 g/mol. The minimum atomic E-state index is -0.0383. The monoisotopic (exact) mass is 316 g/mol. The summed E-state index contributed by atoms with van der Waals surface area (Å²) in [6.45, 7) is 1.18. The van der Waals surface area contributed by atoms with Crippen molar-refractivity contribution in [3.8, 4) is 11.5 Å². The Morgan fingerprint density at radius 2 is 1.78 bits per heavy atom. The van der Waals surface area contributed by atoms with E-state index in [1.165, 1.54) is 25.7 Å². The Kier molecular flexibility index (Phi) is 4.02. The van der Waals surface area contributed by atoms with Crippen LogP contribution in [0.3, 0.4) is 0 Å². The normalized spacial score (nSPS) is 21.7. The van der Waals surface area contributed by atoms with Gasteiger partial charge in [-0.1, -0.05) is 18.9 Å². The topological polar surface area (TPSA) is 59.6 Å². The summed E-state index contributed by atoms with van der Waals surface area (Å²) in [5.74, 6) is 2.12. The molecule has 0 radical (unpaired) electrons. The Morgan fingerprint density at radius 3 is 2.52 bits per heavy atom. The van der Waals surface area contributed by atoms with Crippen molar-refractivity contribution in [1.82, 2.24) is 10.6 Å². The molecule has 1 heterocycles. The van der Waals surface area contributed by atoms with Crippen molar-refractivity contribution in [2.45, 2.75) is 50.6 Å². The molecule has 0 spiro atoms. The maximum atomic E-state index is 12.3. The van der Waals surface area contributed by atoms with Crippen LogP contribution >= 0.6 is 0 Å². The fourth-order valence-electron chi connectivity index (χ4n) is 3.59. The molecule has 4 rings (SSSR count). The number of amides is 2. The number of carbonyl (C=O) groups is 1. The van der Waals surface area contributed by atoms with Gasteiger partial charge in [-0.25, -0.2) is 4.79 Å². The van der Waals surface area contributed by atoms with E-state index in [0.29, 0.717) is 25.2 Å². The summed E-state index contributed by atoms with van der Waals surface area (Å²) in [6, 6.07) is 6.39. The predicted molar refractivity (Wildman–Crippen MR) is 86.8 cm³/mol. The number of ether oxygens (including phenoxy) is 2. The summed E-state index contributed by atoms with van der Waals surface area (Å²) in [5, 5.41) is 6.30. The van der Waals surface area contributed by atoms with Crippen LogP contribution < -0.4 is 20.1 Å². The van der Waals surface area contributed by atoms with Crippen LogP contribution in [-0.4, -0.2) is 25.3 Å². The van der Waals surface area contributed by atoms with Gasteiger partial charge in [-0.15, -0.1) is 0 Å². The highest BCUT2D eigenvalue weighted by atomic mass is 16.6. The Labute approximate surface area is 136 Å². The van der Waals surface area contributed by atoms with Crippen LogP contribution in [0.4, 0.5) is 4.79 Å². The van der Waals surface area contributed by atoms with Crippen molar-refractivity contribution in [1.29, 1.82) is 0 Å². The molecule has 2 saturated carbocycles. The summed E-state index contributed by atoms with van der Waals surface area (Å²) in [6.07, 6.45) is 6.99. The van der Waals surface area contributed by atoms with Gasteiger partial charge in [0.1, 0.15) is 13.2 Å². The fraction of sp³-hybridized carbons (Fsp3) is 0.611. The van der Waals surface area contributed by atoms with E-state index in [9.17, 15) is 4.79 Å². The number of benzene rings is 1. The molecule has 1 aromatic rings. The van der Waals surface area contributed by atoms with Gasteiger partial charge in [-0.3, -0.25) is 0 Å². The molecule has 0 saturated heterocycles. The number of urea groups is 1. The summed E-state index contributed by atoms with van der Waals surface area (Å²) < 4.78 is 11.3. The lowest BCUT2D eigenvalue weighted by atomic mass is 10.0. The molecule has 1 aliphatic heterocycles. The molecule has 1 atom stereocenters. The largest absolute Gasteiger partial charge is 0.486 e. The fourth-order valence-corrected chi connectivity index (χ4v) is 3.59. The van der Waals surface area contributed by atoms with Gasteiger partial charge in [0.15, 0.2) is 11.5 Å². The van der Waals surface area contributed by atoms with Gasteiger partial charge in [0.2, 0.25) is 0 Å². The van der Waals surface area contributed by atoms with E-state index in [2.05, 4.69) is 10.6 Å². The van der Waals surface area contributed by atoms with E-state index in [4.69, 9.17) is 9.47 Å². The van der Waals surface area contributed by atoms with Crippen molar-refractivity contribution in [3.63, 3.8) is 0 Å². The summed E-state index contributed by atoms with van der Waals surface area (Å²) in [7, 11) is 0. The first-order valence-corrected chi connectivity index (χ1v) is 8.76. The first-order valence-electron chi connectivity index (χ1n) is 8.76. The first-order chi connectivity index (χ1) is 11.3. The van der Waals surface area contributed by atoms with Crippen LogP contribution in [0.25, 0.3) is 0 Å². The van der Waals surface area contributed by atoms with Gasteiger partial charge in [-0.05, 0) is 49.3 Å². The Balaban J connectivity index is 1.46. The molecule has 1 aromatic carbocycles. The second kappa shape index (κ2) is 6.30. The molecule has 124 valence electrons. The van der Waals surface area contributed by atoms with Crippen LogP contribution in [0.1, 0.15) is 50.1 Å². The van der Waals surface area contributed by atoms with Gasteiger partial charge in [-0.2, -0.15) is 0 Å². The molecule has 5 heteroatoms. The van der Waals surface area contributed by atoms with Crippen LogP contribution in [0.2, 0.25) is 0 Å². The number of hydrogen-bond acceptors (Lipinski definition) is 3.